The van der Waals surface area contributed by atoms with Crippen LogP contribution in [0.5, 0.6) is 0 Å². The van der Waals surface area contributed by atoms with Crippen molar-refractivity contribution in [2.75, 3.05) is 20.1 Å². The zero-order valence-corrected chi connectivity index (χ0v) is 9.88. The average molecular weight is 204 g/mol. The molecule has 2 nitrogen and oxygen atoms in total. The second kappa shape index (κ2) is 4.33. The first-order chi connectivity index (χ1) is 7.16. The molecule has 0 radical (unpaired) electrons. The molecule has 82 valence electrons. The maximum absolute atomic E-state index is 3.31. The Morgan fingerprint density at radius 2 is 2.00 bits per heavy atom. The number of aryl methyl sites for hydroxylation is 2. The molecule has 1 aliphatic rings. The molecule has 1 saturated heterocycles. The van der Waals surface area contributed by atoms with E-state index in [1.165, 1.54) is 16.7 Å². The third-order valence-electron chi connectivity index (χ3n) is 3.39. The van der Waals surface area contributed by atoms with E-state index in [1.807, 2.05) is 0 Å². The Kier molecular flexibility index (Phi) is 3.08. The van der Waals surface area contributed by atoms with Gasteiger partial charge in [0.15, 0.2) is 0 Å². The summed E-state index contributed by atoms with van der Waals surface area (Å²) in [5.74, 6) is 0. The van der Waals surface area contributed by atoms with Gasteiger partial charge >= 0.3 is 0 Å². The summed E-state index contributed by atoms with van der Waals surface area (Å²) in [4.78, 5) is 2.43. The summed E-state index contributed by atoms with van der Waals surface area (Å²) in [6, 6.07) is 7.49. The summed E-state index contributed by atoms with van der Waals surface area (Å²) in [6.07, 6.45) is 0. The van der Waals surface area contributed by atoms with Crippen molar-refractivity contribution in [3.63, 3.8) is 0 Å². The van der Waals surface area contributed by atoms with E-state index in [2.05, 4.69) is 49.3 Å². The number of benzene rings is 1. The lowest BCUT2D eigenvalue weighted by molar-refractivity contribution is 0.173. The lowest BCUT2D eigenvalue weighted by Crippen LogP contribution is -2.55. The molecule has 1 aromatic carbocycles. The van der Waals surface area contributed by atoms with E-state index in [9.17, 15) is 0 Å². The van der Waals surface area contributed by atoms with Gasteiger partial charge in [-0.3, -0.25) is 4.90 Å². The molecule has 0 aliphatic carbocycles. The van der Waals surface area contributed by atoms with E-state index in [4.69, 9.17) is 0 Å². The fourth-order valence-electron chi connectivity index (χ4n) is 1.90. The normalized spacial score (nSPS) is 16.8. The highest BCUT2D eigenvalue weighted by molar-refractivity contribution is 5.29. The first-order valence-corrected chi connectivity index (χ1v) is 5.64. The van der Waals surface area contributed by atoms with Crippen LogP contribution in [0.1, 0.15) is 16.7 Å². The van der Waals surface area contributed by atoms with E-state index in [0.29, 0.717) is 0 Å². The van der Waals surface area contributed by atoms with Gasteiger partial charge in [0.1, 0.15) is 0 Å². The molecular formula is C13H20N2. The van der Waals surface area contributed by atoms with Crippen LogP contribution < -0.4 is 5.32 Å². The highest BCUT2D eigenvalue weighted by Crippen LogP contribution is 2.13. The largest absolute Gasteiger partial charge is 0.314 e. The van der Waals surface area contributed by atoms with Crippen molar-refractivity contribution in [3.05, 3.63) is 34.9 Å². The van der Waals surface area contributed by atoms with Crippen LogP contribution in [0.3, 0.4) is 0 Å². The predicted octanol–water partition coefficient (Wildman–Crippen LogP) is 1.71. The van der Waals surface area contributed by atoms with Crippen molar-refractivity contribution in [2.24, 2.45) is 0 Å². The number of hydrogen-bond acceptors (Lipinski definition) is 2. The third-order valence-corrected chi connectivity index (χ3v) is 3.39. The van der Waals surface area contributed by atoms with Gasteiger partial charge in [-0.05, 0) is 37.6 Å². The molecule has 1 aliphatic heterocycles. The van der Waals surface area contributed by atoms with E-state index < -0.39 is 0 Å². The van der Waals surface area contributed by atoms with Crippen LogP contribution in [-0.4, -0.2) is 31.1 Å². The summed E-state index contributed by atoms with van der Waals surface area (Å²) >= 11 is 0. The smallest absolute Gasteiger partial charge is 0.0345 e. The van der Waals surface area contributed by atoms with Crippen molar-refractivity contribution in [1.29, 1.82) is 0 Å². The lowest BCUT2D eigenvalue weighted by atomic mass is 10.0. The summed E-state index contributed by atoms with van der Waals surface area (Å²) < 4.78 is 0. The molecule has 0 bridgehead atoms. The van der Waals surface area contributed by atoms with Crippen LogP contribution in [0, 0.1) is 13.8 Å². The second-order valence-corrected chi connectivity index (χ2v) is 4.65. The highest BCUT2D eigenvalue weighted by Gasteiger charge is 2.21. The van der Waals surface area contributed by atoms with Crippen molar-refractivity contribution >= 4 is 0 Å². The first-order valence-electron chi connectivity index (χ1n) is 5.64. The molecule has 2 rings (SSSR count). The molecule has 1 aromatic rings. The molecule has 1 N–H and O–H groups in total. The predicted molar refractivity (Wildman–Crippen MR) is 64.0 cm³/mol. The molecular weight excluding hydrogens is 184 g/mol. The van der Waals surface area contributed by atoms with Gasteiger partial charge in [-0.25, -0.2) is 0 Å². The van der Waals surface area contributed by atoms with Crippen LogP contribution in [-0.2, 0) is 6.54 Å². The van der Waals surface area contributed by atoms with Crippen LogP contribution in [0.2, 0.25) is 0 Å². The third kappa shape index (κ3) is 2.39. The molecule has 2 heteroatoms. The van der Waals surface area contributed by atoms with Crippen LogP contribution in [0.4, 0.5) is 0 Å². The van der Waals surface area contributed by atoms with Gasteiger partial charge in [-0.1, -0.05) is 18.2 Å². The Labute approximate surface area is 92.3 Å². The fourth-order valence-corrected chi connectivity index (χ4v) is 1.90. The topological polar surface area (TPSA) is 15.3 Å². The molecule has 0 atom stereocenters. The van der Waals surface area contributed by atoms with E-state index in [-0.39, 0.29) is 0 Å². The van der Waals surface area contributed by atoms with Gasteiger partial charge in [-0.15, -0.1) is 0 Å². The minimum atomic E-state index is 0.728. The molecule has 1 fully saturated rings. The Morgan fingerprint density at radius 1 is 1.27 bits per heavy atom. The summed E-state index contributed by atoms with van der Waals surface area (Å²) in [5, 5.41) is 3.31. The molecule has 0 saturated carbocycles. The molecule has 0 amide bonds. The van der Waals surface area contributed by atoms with Crippen molar-refractivity contribution in [1.82, 2.24) is 10.2 Å². The van der Waals surface area contributed by atoms with E-state index in [0.717, 1.165) is 25.7 Å². The molecule has 0 unspecified atom stereocenters. The van der Waals surface area contributed by atoms with E-state index in [1.54, 1.807) is 0 Å². The minimum Gasteiger partial charge on any atom is -0.314 e. The first kappa shape index (κ1) is 10.7. The van der Waals surface area contributed by atoms with Crippen LogP contribution >= 0.6 is 0 Å². The lowest BCUT2D eigenvalue weighted by Gasteiger charge is -2.35. The summed E-state index contributed by atoms with van der Waals surface area (Å²) in [7, 11) is 2.21. The number of nitrogens with zero attached hydrogens (tertiary/aromatic N) is 1. The summed E-state index contributed by atoms with van der Waals surface area (Å²) in [6.45, 7) is 7.69. The zero-order chi connectivity index (χ0) is 10.8. The number of likely N-dealkylation sites (N-methyl/N-ethyl adjacent to an activating group) is 1. The summed E-state index contributed by atoms with van der Waals surface area (Å²) in [5.41, 5.74) is 4.20. The van der Waals surface area contributed by atoms with Gasteiger partial charge in [0.25, 0.3) is 0 Å². The number of rotatable bonds is 3. The van der Waals surface area contributed by atoms with Gasteiger partial charge < -0.3 is 5.32 Å². The average Bonchev–Trinajstić information content (AvgIpc) is 2.08. The molecule has 0 aromatic heterocycles. The van der Waals surface area contributed by atoms with Gasteiger partial charge in [0, 0.05) is 25.7 Å². The van der Waals surface area contributed by atoms with E-state index >= 15 is 0 Å². The molecule has 15 heavy (non-hydrogen) atoms. The Morgan fingerprint density at radius 3 is 2.53 bits per heavy atom. The Hall–Kier alpha value is -0.860. The monoisotopic (exact) mass is 204 g/mol. The van der Waals surface area contributed by atoms with Gasteiger partial charge in [0.2, 0.25) is 0 Å². The number of nitrogens with one attached hydrogen (secondary N) is 1. The quantitative estimate of drug-likeness (QED) is 0.806. The van der Waals surface area contributed by atoms with Crippen molar-refractivity contribution < 1.29 is 0 Å². The zero-order valence-electron chi connectivity index (χ0n) is 9.88. The highest BCUT2D eigenvalue weighted by atomic mass is 15.2. The maximum atomic E-state index is 3.31. The Balaban J connectivity index is 2.00. The standard InChI is InChI=1S/C13H20N2/c1-10-4-5-12(6-11(10)2)9-15(3)13-7-14-8-13/h4-6,13-14H,7-9H2,1-3H3. The van der Waals surface area contributed by atoms with Crippen molar-refractivity contribution in [2.45, 2.75) is 26.4 Å². The van der Waals surface area contributed by atoms with Crippen molar-refractivity contribution in [3.8, 4) is 0 Å². The minimum absolute atomic E-state index is 0.728. The maximum Gasteiger partial charge on any atom is 0.0345 e. The SMILES string of the molecule is Cc1ccc(CN(C)C2CNC2)cc1C. The van der Waals surface area contributed by atoms with Crippen LogP contribution in [0.25, 0.3) is 0 Å². The second-order valence-electron chi connectivity index (χ2n) is 4.65. The molecule has 0 spiro atoms. The fraction of sp³-hybridized carbons (Fsp3) is 0.538. The van der Waals surface area contributed by atoms with Crippen LogP contribution in [0.15, 0.2) is 18.2 Å². The molecule has 1 heterocycles. The number of hydrogen-bond donors (Lipinski definition) is 1. The van der Waals surface area contributed by atoms with Gasteiger partial charge in [-0.2, -0.15) is 0 Å². The van der Waals surface area contributed by atoms with Gasteiger partial charge in [0.05, 0.1) is 0 Å². The Bertz CT molecular complexity index is 342.